The first-order chi connectivity index (χ1) is 7.16. The van der Waals surface area contributed by atoms with Crippen molar-refractivity contribution in [1.29, 1.82) is 0 Å². The average Bonchev–Trinajstić information content (AvgIpc) is 2.67. The number of rotatable bonds is 2. The second kappa shape index (κ2) is 4.11. The smallest absolute Gasteiger partial charge is 0.126 e. The van der Waals surface area contributed by atoms with Gasteiger partial charge in [-0.3, -0.25) is 0 Å². The highest BCUT2D eigenvalue weighted by Gasteiger charge is 2.17. The molecule has 0 aliphatic heterocycles. The zero-order chi connectivity index (χ0) is 10.8. The summed E-state index contributed by atoms with van der Waals surface area (Å²) in [7, 11) is 0. The summed E-state index contributed by atoms with van der Waals surface area (Å²) in [6.07, 6.45) is 3.82. The molecule has 3 heteroatoms. The van der Waals surface area contributed by atoms with Gasteiger partial charge in [-0.05, 0) is 42.5 Å². The molecule has 1 aromatic carbocycles. The summed E-state index contributed by atoms with van der Waals surface area (Å²) >= 11 is 0. The number of hydrogen-bond acceptors (Lipinski definition) is 1. The van der Waals surface area contributed by atoms with E-state index < -0.39 is 17.7 Å². The monoisotopic (exact) mass is 210 g/mol. The summed E-state index contributed by atoms with van der Waals surface area (Å²) in [4.78, 5) is 0. The van der Waals surface area contributed by atoms with Crippen molar-refractivity contribution < 1.29 is 13.9 Å². The second-order valence-corrected chi connectivity index (χ2v) is 3.78. The highest BCUT2D eigenvalue weighted by atomic mass is 19.1. The second-order valence-electron chi connectivity index (χ2n) is 3.78. The van der Waals surface area contributed by atoms with E-state index in [9.17, 15) is 13.9 Å². The van der Waals surface area contributed by atoms with Gasteiger partial charge in [-0.25, -0.2) is 8.78 Å². The lowest BCUT2D eigenvalue weighted by atomic mass is 10.0. The molecule has 15 heavy (non-hydrogen) atoms. The van der Waals surface area contributed by atoms with Gasteiger partial charge in [0.25, 0.3) is 0 Å². The SMILES string of the molecule is OC(C1=CCCC1)c1cc(F)cc(F)c1. The Morgan fingerprint density at radius 2 is 1.80 bits per heavy atom. The molecule has 1 aromatic rings. The van der Waals surface area contributed by atoms with Crippen LogP contribution in [0.3, 0.4) is 0 Å². The molecule has 0 saturated heterocycles. The minimum Gasteiger partial charge on any atom is -0.384 e. The zero-order valence-corrected chi connectivity index (χ0v) is 8.21. The third kappa shape index (κ3) is 2.23. The normalized spacial score (nSPS) is 17.7. The standard InChI is InChI=1S/C12H12F2O/c13-10-5-9(6-11(14)7-10)12(15)8-3-1-2-4-8/h3,5-7,12,15H,1-2,4H2. The summed E-state index contributed by atoms with van der Waals surface area (Å²) < 4.78 is 25.8. The molecule has 0 amide bonds. The first-order valence-electron chi connectivity index (χ1n) is 5.00. The fraction of sp³-hybridized carbons (Fsp3) is 0.333. The van der Waals surface area contributed by atoms with Gasteiger partial charge in [0.1, 0.15) is 17.7 Å². The number of benzene rings is 1. The van der Waals surface area contributed by atoms with Gasteiger partial charge < -0.3 is 5.11 Å². The van der Waals surface area contributed by atoms with Crippen LogP contribution in [0.2, 0.25) is 0 Å². The highest BCUT2D eigenvalue weighted by molar-refractivity contribution is 5.28. The van der Waals surface area contributed by atoms with Gasteiger partial charge >= 0.3 is 0 Å². The third-order valence-electron chi connectivity index (χ3n) is 2.63. The molecule has 0 saturated carbocycles. The first-order valence-corrected chi connectivity index (χ1v) is 5.00. The lowest BCUT2D eigenvalue weighted by molar-refractivity contribution is 0.211. The zero-order valence-electron chi connectivity index (χ0n) is 8.21. The maximum atomic E-state index is 12.9. The fourth-order valence-corrected chi connectivity index (χ4v) is 1.89. The Morgan fingerprint density at radius 1 is 1.13 bits per heavy atom. The van der Waals surface area contributed by atoms with Gasteiger partial charge in [-0.2, -0.15) is 0 Å². The molecule has 1 atom stereocenters. The summed E-state index contributed by atoms with van der Waals surface area (Å²) in [5, 5.41) is 9.87. The minimum absolute atomic E-state index is 0.292. The molecule has 2 rings (SSSR count). The molecule has 0 heterocycles. The molecular formula is C12H12F2O. The van der Waals surface area contributed by atoms with E-state index >= 15 is 0 Å². The molecule has 0 radical (unpaired) electrons. The van der Waals surface area contributed by atoms with Crippen molar-refractivity contribution >= 4 is 0 Å². The largest absolute Gasteiger partial charge is 0.384 e. The molecule has 1 nitrogen and oxygen atoms in total. The van der Waals surface area contributed by atoms with Gasteiger partial charge in [0.15, 0.2) is 0 Å². The van der Waals surface area contributed by atoms with E-state index in [-0.39, 0.29) is 0 Å². The van der Waals surface area contributed by atoms with E-state index in [0.717, 1.165) is 30.9 Å². The summed E-state index contributed by atoms with van der Waals surface area (Å²) in [6.45, 7) is 0. The molecule has 1 N–H and O–H groups in total. The summed E-state index contributed by atoms with van der Waals surface area (Å²) in [5.74, 6) is -1.30. The predicted octanol–water partition coefficient (Wildman–Crippen LogP) is 3.11. The van der Waals surface area contributed by atoms with Crippen molar-refractivity contribution in [1.82, 2.24) is 0 Å². The van der Waals surface area contributed by atoms with Gasteiger partial charge in [0.2, 0.25) is 0 Å². The molecular weight excluding hydrogens is 198 g/mol. The van der Waals surface area contributed by atoms with Gasteiger partial charge in [0, 0.05) is 6.07 Å². The molecule has 1 aliphatic rings. The van der Waals surface area contributed by atoms with Crippen LogP contribution >= 0.6 is 0 Å². The fourth-order valence-electron chi connectivity index (χ4n) is 1.89. The highest BCUT2D eigenvalue weighted by Crippen LogP contribution is 2.30. The van der Waals surface area contributed by atoms with Gasteiger partial charge in [0.05, 0.1) is 0 Å². The van der Waals surface area contributed by atoms with Crippen LogP contribution in [-0.4, -0.2) is 5.11 Å². The minimum atomic E-state index is -0.863. The van der Waals surface area contributed by atoms with Crippen molar-refractivity contribution in [2.75, 3.05) is 0 Å². The topological polar surface area (TPSA) is 20.2 Å². The Hall–Kier alpha value is -1.22. The predicted molar refractivity (Wildman–Crippen MR) is 53.3 cm³/mol. The van der Waals surface area contributed by atoms with Crippen molar-refractivity contribution in [2.24, 2.45) is 0 Å². The number of halogens is 2. The van der Waals surface area contributed by atoms with E-state index in [1.54, 1.807) is 0 Å². The Balaban J connectivity index is 2.28. The number of aliphatic hydroxyl groups excluding tert-OH is 1. The quantitative estimate of drug-likeness (QED) is 0.743. The van der Waals surface area contributed by atoms with Crippen LogP contribution < -0.4 is 0 Å². The molecule has 0 fully saturated rings. The van der Waals surface area contributed by atoms with E-state index in [0.29, 0.717) is 5.56 Å². The average molecular weight is 210 g/mol. The Labute approximate surface area is 87.1 Å². The van der Waals surface area contributed by atoms with Crippen molar-refractivity contribution in [3.63, 3.8) is 0 Å². The number of hydrogen-bond donors (Lipinski definition) is 1. The van der Waals surface area contributed by atoms with E-state index in [1.807, 2.05) is 6.08 Å². The van der Waals surface area contributed by atoms with Crippen LogP contribution in [0, 0.1) is 11.6 Å². The van der Waals surface area contributed by atoms with E-state index in [1.165, 1.54) is 12.1 Å². The van der Waals surface area contributed by atoms with Crippen LogP contribution in [0.4, 0.5) is 8.78 Å². The van der Waals surface area contributed by atoms with Crippen molar-refractivity contribution in [3.05, 3.63) is 47.0 Å². The summed E-state index contributed by atoms with van der Waals surface area (Å²) in [5.41, 5.74) is 1.15. The number of allylic oxidation sites excluding steroid dienone is 1. The molecule has 0 spiro atoms. The number of aliphatic hydroxyl groups is 1. The maximum absolute atomic E-state index is 12.9. The molecule has 1 unspecified atom stereocenters. The van der Waals surface area contributed by atoms with Crippen molar-refractivity contribution in [3.8, 4) is 0 Å². The Bertz CT molecular complexity index is 378. The molecule has 0 bridgehead atoms. The van der Waals surface area contributed by atoms with Crippen LogP contribution in [0.25, 0.3) is 0 Å². The Morgan fingerprint density at radius 3 is 2.33 bits per heavy atom. The lowest BCUT2D eigenvalue weighted by Crippen LogP contribution is -2.01. The van der Waals surface area contributed by atoms with Crippen molar-refractivity contribution in [2.45, 2.75) is 25.4 Å². The van der Waals surface area contributed by atoms with Gasteiger partial charge in [-0.1, -0.05) is 6.08 Å². The summed E-state index contributed by atoms with van der Waals surface area (Å²) in [6, 6.07) is 3.15. The van der Waals surface area contributed by atoms with Crippen LogP contribution in [0.5, 0.6) is 0 Å². The van der Waals surface area contributed by atoms with Crippen LogP contribution in [0.1, 0.15) is 30.9 Å². The molecule has 1 aliphatic carbocycles. The lowest BCUT2D eigenvalue weighted by Gasteiger charge is -2.12. The van der Waals surface area contributed by atoms with E-state index in [2.05, 4.69) is 0 Å². The maximum Gasteiger partial charge on any atom is 0.126 e. The molecule has 80 valence electrons. The molecule has 0 aromatic heterocycles. The van der Waals surface area contributed by atoms with Crippen LogP contribution in [0.15, 0.2) is 29.8 Å². The van der Waals surface area contributed by atoms with Gasteiger partial charge in [-0.15, -0.1) is 0 Å². The Kier molecular flexibility index (Phi) is 2.82. The van der Waals surface area contributed by atoms with Crippen LogP contribution in [-0.2, 0) is 0 Å². The third-order valence-corrected chi connectivity index (χ3v) is 2.63. The first kappa shape index (κ1) is 10.3. The van der Waals surface area contributed by atoms with E-state index in [4.69, 9.17) is 0 Å².